The van der Waals surface area contributed by atoms with E-state index < -0.39 is 0 Å². The van der Waals surface area contributed by atoms with E-state index in [2.05, 4.69) is 10.1 Å². The first-order valence-corrected chi connectivity index (χ1v) is 5.88. The molecule has 0 saturated carbocycles. The van der Waals surface area contributed by atoms with E-state index >= 15 is 0 Å². The molecule has 0 fully saturated rings. The molecule has 96 valence electrons. The first-order chi connectivity index (χ1) is 8.49. The van der Waals surface area contributed by atoms with E-state index in [0.29, 0.717) is 5.75 Å². The van der Waals surface area contributed by atoms with Gasteiger partial charge in [0.25, 0.3) is 0 Å². The van der Waals surface area contributed by atoms with E-state index in [1.165, 1.54) is 0 Å². The summed E-state index contributed by atoms with van der Waals surface area (Å²) in [6.45, 7) is 5.80. The van der Waals surface area contributed by atoms with Crippen molar-refractivity contribution in [3.63, 3.8) is 0 Å². The van der Waals surface area contributed by atoms with Crippen molar-refractivity contribution in [2.24, 2.45) is 12.8 Å². The topological polar surface area (TPSA) is 66.0 Å². The molecule has 2 aromatic heterocycles. The van der Waals surface area contributed by atoms with Crippen LogP contribution in [-0.4, -0.2) is 14.8 Å². The van der Waals surface area contributed by atoms with Gasteiger partial charge in [0.1, 0.15) is 11.4 Å². The van der Waals surface area contributed by atoms with Crippen molar-refractivity contribution in [1.29, 1.82) is 0 Å². The summed E-state index contributed by atoms with van der Waals surface area (Å²) in [5, 5.41) is 4.30. The quantitative estimate of drug-likeness (QED) is 0.902. The summed E-state index contributed by atoms with van der Waals surface area (Å²) in [4.78, 5) is 4.26. The van der Waals surface area contributed by atoms with Crippen LogP contribution in [0.4, 0.5) is 0 Å². The molecule has 2 rings (SSSR count). The number of ether oxygens (including phenoxy) is 1. The summed E-state index contributed by atoms with van der Waals surface area (Å²) in [5.41, 5.74) is 8.46. The SMILES string of the molecule is Cc1nn(C)c(C)c1Oc1ccc([C@H](C)N)nc1. The van der Waals surface area contributed by atoms with Crippen LogP contribution < -0.4 is 10.5 Å². The molecule has 0 bridgehead atoms. The second-order valence-corrected chi connectivity index (χ2v) is 4.43. The second-order valence-electron chi connectivity index (χ2n) is 4.43. The highest BCUT2D eigenvalue weighted by molar-refractivity contribution is 5.36. The van der Waals surface area contributed by atoms with Gasteiger partial charge in [-0.05, 0) is 32.9 Å². The Kier molecular flexibility index (Phi) is 3.34. The molecule has 0 saturated heterocycles. The van der Waals surface area contributed by atoms with Crippen molar-refractivity contribution < 1.29 is 4.74 Å². The third kappa shape index (κ3) is 2.36. The maximum absolute atomic E-state index is 5.81. The smallest absolute Gasteiger partial charge is 0.171 e. The van der Waals surface area contributed by atoms with Gasteiger partial charge in [-0.25, -0.2) is 0 Å². The molecule has 0 amide bonds. The maximum Gasteiger partial charge on any atom is 0.171 e. The van der Waals surface area contributed by atoms with E-state index in [9.17, 15) is 0 Å². The molecule has 5 heteroatoms. The Hall–Kier alpha value is -1.88. The summed E-state index contributed by atoms with van der Waals surface area (Å²) < 4.78 is 7.61. The number of nitrogens with two attached hydrogens (primary N) is 1. The lowest BCUT2D eigenvalue weighted by Gasteiger charge is -2.08. The molecule has 0 aliphatic rings. The van der Waals surface area contributed by atoms with Crippen molar-refractivity contribution in [1.82, 2.24) is 14.8 Å². The standard InChI is InChI=1S/C13H18N4O/c1-8(14)12-6-5-11(7-15-12)18-13-9(2)16-17(4)10(13)3/h5-8H,14H2,1-4H3/t8-/m0/s1. The van der Waals surface area contributed by atoms with Crippen LogP contribution in [0.5, 0.6) is 11.5 Å². The van der Waals surface area contributed by atoms with Gasteiger partial charge < -0.3 is 10.5 Å². The van der Waals surface area contributed by atoms with E-state index in [0.717, 1.165) is 22.8 Å². The zero-order valence-corrected chi connectivity index (χ0v) is 11.1. The molecule has 2 heterocycles. The number of pyridine rings is 1. The van der Waals surface area contributed by atoms with Crippen molar-refractivity contribution >= 4 is 0 Å². The predicted octanol–water partition coefficient (Wildman–Crippen LogP) is 2.24. The number of aryl methyl sites for hydroxylation is 2. The average Bonchev–Trinajstić information content (AvgIpc) is 2.57. The zero-order chi connectivity index (χ0) is 13.3. The molecule has 2 N–H and O–H groups in total. The third-order valence-electron chi connectivity index (χ3n) is 2.89. The summed E-state index contributed by atoms with van der Waals surface area (Å²) >= 11 is 0. The third-order valence-corrected chi connectivity index (χ3v) is 2.89. The van der Waals surface area contributed by atoms with E-state index in [4.69, 9.17) is 10.5 Å². The Morgan fingerprint density at radius 1 is 1.33 bits per heavy atom. The minimum atomic E-state index is -0.0686. The van der Waals surface area contributed by atoms with Gasteiger partial charge in [0.05, 0.1) is 17.6 Å². The van der Waals surface area contributed by atoms with Crippen molar-refractivity contribution in [2.45, 2.75) is 26.8 Å². The summed E-state index contributed by atoms with van der Waals surface area (Å²) in [5.74, 6) is 1.48. The number of rotatable bonds is 3. The van der Waals surface area contributed by atoms with Gasteiger partial charge in [-0.1, -0.05) is 0 Å². The summed E-state index contributed by atoms with van der Waals surface area (Å²) in [6, 6.07) is 3.68. The van der Waals surface area contributed by atoms with Crippen molar-refractivity contribution in [3.05, 3.63) is 35.4 Å². The van der Waals surface area contributed by atoms with Gasteiger partial charge in [0, 0.05) is 13.1 Å². The molecule has 0 aliphatic heterocycles. The lowest BCUT2D eigenvalue weighted by Crippen LogP contribution is -2.06. The first kappa shape index (κ1) is 12.6. The Labute approximate surface area is 107 Å². The summed E-state index contributed by atoms with van der Waals surface area (Å²) in [7, 11) is 1.90. The Morgan fingerprint density at radius 2 is 2.06 bits per heavy atom. The Morgan fingerprint density at radius 3 is 2.50 bits per heavy atom. The molecule has 0 aliphatic carbocycles. The minimum Gasteiger partial charge on any atom is -0.452 e. The number of hydrogen-bond donors (Lipinski definition) is 1. The van der Waals surface area contributed by atoms with Crippen molar-refractivity contribution in [3.8, 4) is 11.5 Å². The van der Waals surface area contributed by atoms with Crippen LogP contribution in [0.15, 0.2) is 18.3 Å². The summed E-state index contributed by atoms with van der Waals surface area (Å²) in [6.07, 6.45) is 1.69. The fraction of sp³-hybridized carbons (Fsp3) is 0.385. The lowest BCUT2D eigenvalue weighted by molar-refractivity contribution is 0.471. The normalized spacial score (nSPS) is 12.5. The largest absolute Gasteiger partial charge is 0.452 e. The molecule has 5 nitrogen and oxygen atoms in total. The van der Waals surface area contributed by atoms with E-state index in [-0.39, 0.29) is 6.04 Å². The van der Waals surface area contributed by atoms with Crippen LogP contribution in [0.25, 0.3) is 0 Å². The van der Waals surface area contributed by atoms with Crippen LogP contribution in [0, 0.1) is 13.8 Å². The highest BCUT2D eigenvalue weighted by Crippen LogP contribution is 2.27. The van der Waals surface area contributed by atoms with E-state index in [1.54, 1.807) is 10.9 Å². The monoisotopic (exact) mass is 246 g/mol. The lowest BCUT2D eigenvalue weighted by atomic mass is 10.2. The van der Waals surface area contributed by atoms with E-state index in [1.807, 2.05) is 40.0 Å². The molecule has 1 atom stereocenters. The second kappa shape index (κ2) is 4.78. The molecular formula is C13H18N4O. The van der Waals surface area contributed by atoms with Crippen LogP contribution >= 0.6 is 0 Å². The first-order valence-electron chi connectivity index (χ1n) is 5.88. The number of aromatic nitrogens is 3. The van der Waals surface area contributed by atoms with Crippen LogP contribution in [0.2, 0.25) is 0 Å². The Balaban J connectivity index is 2.23. The number of nitrogens with zero attached hydrogens (tertiary/aromatic N) is 3. The molecule has 2 aromatic rings. The van der Waals surface area contributed by atoms with Gasteiger partial charge in [-0.15, -0.1) is 0 Å². The van der Waals surface area contributed by atoms with Gasteiger partial charge >= 0.3 is 0 Å². The molecule has 0 unspecified atom stereocenters. The molecule has 0 spiro atoms. The fourth-order valence-electron chi connectivity index (χ4n) is 1.74. The van der Waals surface area contributed by atoms with Crippen LogP contribution in [0.3, 0.4) is 0 Å². The predicted molar refractivity (Wildman–Crippen MR) is 69.6 cm³/mol. The number of hydrogen-bond acceptors (Lipinski definition) is 4. The minimum absolute atomic E-state index is 0.0686. The molecule has 18 heavy (non-hydrogen) atoms. The van der Waals surface area contributed by atoms with Crippen molar-refractivity contribution in [2.75, 3.05) is 0 Å². The Bertz CT molecular complexity index is 543. The highest BCUT2D eigenvalue weighted by Gasteiger charge is 2.12. The van der Waals surface area contributed by atoms with Gasteiger partial charge in [0.2, 0.25) is 0 Å². The van der Waals surface area contributed by atoms with Crippen LogP contribution in [0.1, 0.15) is 30.0 Å². The molecule has 0 radical (unpaired) electrons. The zero-order valence-electron chi connectivity index (χ0n) is 11.1. The highest BCUT2D eigenvalue weighted by atomic mass is 16.5. The van der Waals surface area contributed by atoms with Gasteiger partial charge in [0.15, 0.2) is 5.75 Å². The average molecular weight is 246 g/mol. The fourth-order valence-corrected chi connectivity index (χ4v) is 1.74. The maximum atomic E-state index is 5.81. The van der Waals surface area contributed by atoms with Crippen LogP contribution in [-0.2, 0) is 7.05 Å². The molecule has 0 aromatic carbocycles. The van der Waals surface area contributed by atoms with Gasteiger partial charge in [-0.2, -0.15) is 5.10 Å². The van der Waals surface area contributed by atoms with Gasteiger partial charge in [-0.3, -0.25) is 9.67 Å². The molecular weight excluding hydrogens is 228 g/mol.